The third-order valence-electron chi connectivity index (χ3n) is 2.70. The van der Waals surface area contributed by atoms with Gasteiger partial charge < -0.3 is 9.80 Å². The molecular weight excluding hydrogens is 226 g/mol. The van der Waals surface area contributed by atoms with Crippen LogP contribution < -0.4 is 0 Å². The van der Waals surface area contributed by atoms with Crippen molar-refractivity contribution in [1.82, 2.24) is 14.8 Å². The molecule has 0 saturated carbocycles. The maximum Gasteiger partial charge on any atom is 0.225 e. The van der Waals surface area contributed by atoms with E-state index in [-0.39, 0.29) is 11.8 Å². The standard InChI is InChI=1S/C14H23N3O/c1-12(2)14(18)17(10-9-16(3)4)11-13-7-5-6-8-15-13/h5-8,12H,9-11H2,1-4H3. The molecule has 0 fully saturated rings. The van der Waals surface area contributed by atoms with Gasteiger partial charge in [0.25, 0.3) is 0 Å². The normalized spacial score (nSPS) is 11.0. The summed E-state index contributed by atoms with van der Waals surface area (Å²) in [5.41, 5.74) is 0.935. The summed E-state index contributed by atoms with van der Waals surface area (Å²) in [5.74, 6) is 0.207. The third kappa shape index (κ3) is 4.84. The molecule has 0 aromatic carbocycles. The van der Waals surface area contributed by atoms with Gasteiger partial charge in [-0.2, -0.15) is 0 Å². The fourth-order valence-electron chi connectivity index (χ4n) is 1.64. The van der Waals surface area contributed by atoms with Gasteiger partial charge >= 0.3 is 0 Å². The SMILES string of the molecule is CC(C)C(=O)N(CCN(C)C)Cc1ccccn1. The lowest BCUT2D eigenvalue weighted by Crippen LogP contribution is -2.38. The number of carbonyl (C=O) groups is 1. The van der Waals surface area contributed by atoms with Gasteiger partial charge in [-0.1, -0.05) is 19.9 Å². The summed E-state index contributed by atoms with van der Waals surface area (Å²) in [6.07, 6.45) is 1.76. The lowest BCUT2D eigenvalue weighted by molar-refractivity contribution is -0.135. The van der Waals surface area contributed by atoms with Gasteiger partial charge in [0.15, 0.2) is 0 Å². The van der Waals surface area contributed by atoms with Crippen LogP contribution in [0.2, 0.25) is 0 Å². The summed E-state index contributed by atoms with van der Waals surface area (Å²) >= 11 is 0. The molecule has 100 valence electrons. The molecule has 0 aliphatic heterocycles. The highest BCUT2D eigenvalue weighted by molar-refractivity contribution is 5.78. The Hall–Kier alpha value is -1.42. The van der Waals surface area contributed by atoms with Gasteiger partial charge in [0, 0.05) is 25.2 Å². The van der Waals surface area contributed by atoms with Crippen LogP contribution in [0.3, 0.4) is 0 Å². The molecule has 4 heteroatoms. The Balaban J connectivity index is 2.68. The summed E-state index contributed by atoms with van der Waals surface area (Å²) in [4.78, 5) is 20.4. The Morgan fingerprint density at radius 2 is 2.00 bits per heavy atom. The molecule has 0 radical (unpaired) electrons. The number of hydrogen-bond acceptors (Lipinski definition) is 3. The van der Waals surface area contributed by atoms with Crippen LogP contribution in [0.15, 0.2) is 24.4 Å². The van der Waals surface area contributed by atoms with E-state index in [4.69, 9.17) is 0 Å². The van der Waals surface area contributed by atoms with E-state index in [2.05, 4.69) is 9.88 Å². The summed E-state index contributed by atoms with van der Waals surface area (Å²) in [5, 5.41) is 0. The molecule has 1 rings (SSSR count). The fraction of sp³-hybridized carbons (Fsp3) is 0.571. The number of hydrogen-bond donors (Lipinski definition) is 0. The minimum atomic E-state index is 0.0240. The first-order chi connectivity index (χ1) is 8.50. The first kappa shape index (κ1) is 14.6. The molecular formula is C14H23N3O. The topological polar surface area (TPSA) is 36.4 Å². The van der Waals surface area contributed by atoms with E-state index in [1.165, 1.54) is 0 Å². The second-order valence-electron chi connectivity index (χ2n) is 5.04. The van der Waals surface area contributed by atoms with Crippen LogP contribution in [0.25, 0.3) is 0 Å². The van der Waals surface area contributed by atoms with E-state index in [1.54, 1.807) is 6.20 Å². The van der Waals surface area contributed by atoms with Gasteiger partial charge in [0.1, 0.15) is 0 Å². The number of nitrogens with zero attached hydrogens (tertiary/aromatic N) is 3. The number of pyridine rings is 1. The van der Waals surface area contributed by atoms with E-state index in [0.717, 1.165) is 18.8 Å². The van der Waals surface area contributed by atoms with E-state index < -0.39 is 0 Å². The van der Waals surface area contributed by atoms with Gasteiger partial charge in [-0.3, -0.25) is 9.78 Å². The number of amides is 1. The Labute approximate surface area is 110 Å². The van der Waals surface area contributed by atoms with Crippen molar-refractivity contribution in [1.29, 1.82) is 0 Å². The molecule has 0 spiro atoms. The summed E-state index contributed by atoms with van der Waals surface area (Å²) in [6, 6.07) is 5.79. The van der Waals surface area contributed by atoms with Gasteiger partial charge in [0.2, 0.25) is 5.91 Å². The molecule has 0 aliphatic rings. The van der Waals surface area contributed by atoms with Crippen molar-refractivity contribution in [3.8, 4) is 0 Å². The molecule has 1 aromatic rings. The van der Waals surface area contributed by atoms with Gasteiger partial charge in [-0.25, -0.2) is 0 Å². The lowest BCUT2D eigenvalue weighted by atomic mass is 10.2. The van der Waals surface area contributed by atoms with Crippen LogP contribution >= 0.6 is 0 Å². The Bertz CT molecular complexity index is 363. The average molecular weight is 249 g/mol. The first-order valence-electron chi connectivity index (χ1n) is 6.34. The summed E-state index contributed by atoms with van der Waals surface area (Å²) < 4.78 is 0. The smallest absolute Gasteiger partial charge is 0.225 e. The number of carbonyl (C=O) groups excluding carboxylic acids is 1. The molecule has 4 nitrogen and oxygen atoms in total. The van der Waals surface area contributed by atoms with Crippen molar-refractivity contribution in [3.05, 3.63) is 30.1 Å². The van der Waals surface area contributed by atoms with Crippen molar-refractivity contribution < 1.29 is 4.79 Å². The average Bonchev–Trinajstić information content (AvgIpc) is 2.34. The fourth-order valence-corrected chi connectivity index (χ4v) is 1.64. The first-order valence-corrected chi connectivity index (χ1v) is 6.34. The minimum absolute atomic E-state index is 0.0240. The van der Waals surface area contributed by atoms with Crippen LogP contribution in [0.5, 0.6) is 0 Å². The zero-order valence-electron chi connectivity index (χ0n) is 11.8. The monoisotopic (exact) mass is 249 g/mol. The number of likely N-dealkylation sites (N-methyl/N-ethyl adjacent to an activating group) is 1. The van der Waals surface area contributed by atoms with Crippen molar-refractivity contribution in [2.75, 3.05) is 27.2 Å². The van der Waals surface area contributed by atoms with Crippen LogP contribution in [-0.4, -0.2) is 47.9 Å². The summed E-state index contributed by atoms with van der Waals surface area (Å²) in [6.45, 7) is 6.06. The number of rotatable bonds is 6. The predicted molar refractivity (Wildman–Crippen MR) is 73.0 cm³/mol. The highest BCUT2D eigenvalue weighted by atomic mass is 16.2. The van der Waals surface area contributed by atoms with E-state index in [0.29, 0.717) is 6.54 Å². The maximum absolute atomic E-state index is 12.1. The van der Waals surface area contributed by atoms with Crippen LogP contribution in [0.1, 0.15) is 19.5 Å². The highest BCUT2D eigenvalue weighted by Gasteiger charge is 2.17. The molecule has 0 bridgehead atoms. The van der Waals surface area contributed by atoms with Crippen molar-refractivity contribution in [3.63, 3.8) is 0 Å². The zero-order valence-corrected chi connectivity index (χ0v) is 11.8. The molecule has 18 heavy (non-hydrogen) atoms. The lowest BCUT2D eigenvalue weighted by Gasteiger charge is -2.25. The molecule has 1 heterocycles. The second-order valence-corrected chi connectivity index (χ2v) is 5.04. The molecule has 0 aliphatic carbocycles. The van der Waals surface area contributed by atoms with Crippen LogP contribution in [-0.2, 0) is 11.3 Å². The van der Waals surface area contributed by atoms with Gasteiger partial charge in [-0.05, 0) is 26.2 Å². The molecule has 0 atom stereocenters. The Morgan fingerprint density at radius 3 is 2.50 bits per heavy atom. The quantitative estimate of drug-likeness (QED) is 0.769. The molecule has 1 amide bonds. The van der Waals surface area contributed by atoms with Crippen molar-refractivity contribution >= 4 is 5.91 Å². The van der Waals surface area contributed by atoms with Crippen LogP contribution in [0, 0.1) is 5.92 Å². The van der Waals surface area contributed by atoms with Crippen molar-refractivity contribution in [2.45, 2.75) is 20.4 Å². The molecule has 0 N–H and O–H groups in total. The maximum atomic E-state index is 12.1. The molecule has 1 aromatic heterocycles. The third-order valence-corrected chi connectivity index (χ3v) is 2.70. The molecule has 0 unspecified atom stereocenters. The second kappa shape index (κ2) is 7.11. The van der Waals surface area contributed by atoms with E-state index in [9.17, 15) is 4.79 Å². The van der Waals surface area contributed by atoms with E-state index in [1.807, 2.05) is 51.0 Å². The zero-order chi connectivity index (χ0) is 13.5. The minimum Gasteiger partial charge on any atom is -0.335 e. The van der Waals surface area contributed by atoms with Gasteiger partial charge in [0.05, 0.1) is 12.2 Å². The number of aromatic nitrogens is 1. The summed E-state index contributed by atoms with van der Waals surface area (Å²) in [7, 11) is 4.03. The van der Waals surface area contributed by atoms with Crippen molar-refractivity contribution in [2.24, 2.45) is 5.92 Å². The molecule has 0 saturated heterocycles. The van der Waals surface area contributed by atoms with E-state index >= 15 is 0 Å². The largest absolute Gasteiger partial charge is 0.335 e. The Kier molecular flexibility index (Phi) is 5.78. The van der Waals surface area contributed by atoms with Gasteiger partial charge in [-0.15, -0.1) is 0 Å². The highest BCUT2D eigenvalue weighted by Crippen LogP contribution is 2.07. The Morgan fingerprint density at radius 1 is 1.28 bits per heavy atom. The van der Waals surface area contributed by atoms with Crippen LogP contribution in [0.4, 0.5) is 0 Å². The predicted octanol–water partition coefficient (Wildman–Crippen LogP) is 1.63.